The minimum Gasteiger partial charge on any atom is -0.334 e. The minimum absolute atomic E-state index is 0.0585. The molecular formula is C18H22N6O. The molecule has 0 radical (unpaired) electrons. The Bertz CT molecular complexity index is 869. The van der Waals surface area contributed by atoms with Crippen LogP contribution < -0.4 is 0 Å². The van der Waals surface area contributed by atoms with Crippen LogP contribution >= 0.6 is 0 Å². The predicted molar refractivity (Wildman–Crippen MR) is 93.2 cm³/mol. The molecule has 0 bridgehead atoms. The SMILES string of the molecule is Cc1nc2ncccn2c1C(=O)N1CCCC[C@@H]1CCn1cccn1. The molecule has 1 aliphatic heterocycles. The van der Waals surface area contributed by atoms with E-state index in [9.17, 15) is 4.79 Å². The average Bonchev–Trinajstić information content (AvgIpc) is 3.26. The number of fused-ring (bicyclic) bond motifs is 1. The molecule has 7 heteroatoms. The van der Waals surface area contributed by atoms with Crippen molar-refractivity contribution in [1.82, 2.24) is 29.0 Å². The van der Waals surface area contributed by atoms with E-state index >= 15 is 0 Å². The minimum atomic E-state index is 0.0585. The van der Waals surface area contributed by atoms with Gasteiger partial charge in [0.25, 0.3) is 5.91 Å². The van der Waals surface area contributed by atoms with Gasteiger partial charge >= 0.3 is 0 Å². The van der Waals surface area contributed by atoms with Crippen LogP contribution in [0.2, 0.25) is 0 Å². The maximum absolute atomic E-state index is 13.3. The lowest BCUT2D eigenvalue weighted by molar-refractivity contribution is 0.0586. The molecular weight excluding hydrogens is 316 g/mol. The van der Waals surface area contributed by atoms with Crippen LogP contribution in [0, 0.1) is 6.92 Å². The average molecular weight is 338 g/mol. The van der Waals surface area contributed by atoms with Gasteiger partial charge in [-0.15, -0.1) is 0 Å². The highest BCUT2D eigenvalue weighted by Gasteiger charge is 2.30. The van der Waals surface area contributed by atoms with E-state index in [0.717, 1.165) is 38.0 Å². The van der Waals surface area contributed by atoms with Crippen LogP contribution in [0.3, 0.4) is 0 Å². The number of amides is 1. The van der Waals surface area contributed by atoms with Crippen LogP contribution in [0.5, 0.6) is 0 Å². The van der Waals surface area contributed by atoms with E-state index in [1.165, 1.54) is 6.42 Å². The summed E-state index contributed by atoms with van der Waals surface area (Å²) in [6.07, 6.45) is 11.5. The number of carbonyl (C=O) groups excluding carboxylic acids is 1. The zero-order chi connectivity index (χ0) is 17.2. The summed E-state index contributed by atoms with van der Waals surface area (Å²) >= 11 is 0. The number of aryl methyl sites for hydroxylation is 2. The molecule has 1 fully saturated rings. The first-order valence-corrected chi connectivity index (χ1v) is 8.82. The van der Waals surface area contributed by atoms with E-state index in [4.69, 9.17) is 0 Å². The molecule has 4 rings (SSSR count). The molecule has 25 heavy (non-hydrogen) atoms. The number of rotatable bonds is 4. The summed E-state index contributed by atoms with van der Waals surface area (Å²) in [5.74, 6) is 0.636. The van der Waals surface area contributed by atoms with Gasteiger partial charge in [0, 0.05) is 43.9 Å². The van der Waals surface area contributed by atoms with Crippen molar-refractivity contribution in [2.75, 3.05) is 6.54 Å². The van der Waals surface area contributed by atoms with Crippen molar-refractivity contribution in [3.8, 4) is 0 Å². The topological polar surface area (TPSA) is 68.3 Å². The van der Waals surface area contributed by atoms with Crippen LogP contribution in [0.15, 0.2) is 36.9 Å². The van der Waals surface area contributed by atoms with Gasteiger partial charge < -0.3 is 4.90 Å². The van der Waals surface area contributed by atoms with Crippen molar-refractivity contribution in [3.05, 3.63) is 48.3 Å². The summed E-state index contributed by atoms with van der Waals surface area (Å²) in [5.41, 5.74) is 1.37. The Balaban J connectivity index is 1.58. The first kappa shape index (κ1) is 15.8. The fourth-order valence-electron chi connectivity index (χ4n) is 3.67. The van der Waals surface area contributed by atoms with E-state index in [1.807, 2.05) is 41.0 Å². The number of likely N-dealkylation sites (tertiary alicyclic amines) is 1. The molecule has 0 spiro atoms. The quantitative estimate of drug-likeness (QED) is 0.732. The molecule has 3 aromatic rings. The number of nitrogens with zero attached hydrogens (tertiary/aromatic N) is 6. The second kappa shape index (κ2) is 6.66. The van der Waals surface area contributed by atoms with Gasteiger partial charge in [-0.3, -0.25) is 13.9 Å². The molecule has 7 nitrogen and oxygen atoms in total. The Hall–Kier alpha value is -2.70. The zero-order valence-electron chi connectivity index (χ0n) is 14.4. The first-order valence-electron chi connectivity index (χ1n) is 8.82. The number of hydrogen-bond acceptors (Lipinski definition) is 4. The normalized spacial score (nSPS) is 18.0. The molecule has 1 atom stereocenters. The smallest absolute Gasteiger partial charge is 0.273 e. The molecule has 1 aliphatic rings. The Morgan fingerprint density at radius 2 is 2.12 bits per heavy atom. The molecule has 1 amide bonds. The number of imidazole rings is 1. The summed E-state index contributed by atoms with van der Waals surface area (Å²) in [7, 11) is 0. The van der Waals surface area contributed by atoms with Crippen molar-refractivity contribution in [3.63, 3.8) is 0 Å². The number of hydrogen-bond donors (Lipinski definition) is 0. The molecule has 0 unspecified atom stereocenters. The van der Waals surface area contributed by atoms with Gasteiger partial charge in [-0.05, 0) is 44.7 Å². The van der Waals surface area contributed by atoms with E-state index < -0.39 is 0 Å². The van der Waals surface area contributed by atoms with Crippen LogP contribution in [0.4, 0.5) is 0 Å². The second-order valence-electron chi connectivity index (χ2n) is 6.54. The lowest BCUT2D eigenvalue weighted by atomic mass is 9.98. The third kappa shape index (κ3) is 3.01. The molecule has 3 aromatic heterocycles. The molecule has 1 saturated heterocycles. The lowest BCUT2D eigenvalue weighted by Crippen LogP contribution is -2.44. The van der Waals surface area contributed by atoms with Crippen molar-refractivity contribution >= 4 is 11.7 Å². The van der Waals surface area contributed by atoms with Crippen LogP contribution in [-0.4, -0.2) is 47.5 Å². The van der Waals surface area contributed by atoms with Gasteiger partial charge in [-0.25, -0.2) is 9.97 Å². The maximum atomic E-state index is 13.3. The highest BCUT2D eigenvalue weighted by atomic mass is 16.2. The fourth-order valence-corrected chi connectivity index (χ4v) is 3.67. The standard InChI is InChI=1S/C18H22N6O/c1-14-16(24-12-4-8-19-18(24)21-14)17(25)23-11-3-2-6-15(23)7-13-22-10-5-9-20-22/h4-5,8-10,12,15H,2-3,6-7,11,13H2,1H3/t15-/m1/s1. The van der Waals surface area contributed by atoms with E-state index in [-0.39, 0.29) is 11.9 Å². The summed E-state index contributed by atoms with van der Waals surface area (Å²) in [5, 5.41) is 4.27. The van der Waals surface area contributed by atoms with Crippen LogP contribution in [0.1, 0.15) is 41.9 Å². The second-order valence-corrected chi connectivity index (χ2v) is 6.54. The summed E-state index contributed by atoms with van der Waals surface area (Å²) in [6, 6.07) is 4.00. The summed E-state index contributed by atoms with van der Waals surface area (Å²) < 4.78 is 3.73. The fraction of sp³-hybridized carbons (Fsp3) is 0.444. The largest absolute Gasteiger partial charge is 0.334 e. The Morgan fingerprint density at radius 1 is 1.24 bits per heavy atom. The van der Waals surface area contributed by atoms with Gasteiger partial charge in [0.05, 0.1) is 5.69 Å². The van der Waals surface area contributed by atoms with Crippen molar-refractivity contribution < 1.29 is 4.79 Å². The Kier molecular flexibility index (Phi) is 4.21. The van der Waals surface area contributed by atoms with Gasteiger partial charge in [-0.1, -0.05) is 0 Å². The third-order valence-electron chi connectivity index (χ3n) is 4.92. The molecule has 4 heterocycles. The van der Waals surface area contributed by atoms with Crippen molar-refractivity contribution in [2.45, 2.75) is 45.2 Å². The van der Waals surface area contributed by atoms with Crippen molar-refractivity contribution in [1.29, 1.82) is 0 Å². The third-order valence-corrected chi connectivity index (χ3v) is 4.92. The number of piperidine rings is 1. The lowest BCUT2D eigenvalue weighted by Gasteiger charge is -2.36. The van der Waals surface area contributed by atoms with Crippen LogP contribution in [0.25, 0.3) is 5.78 Å². The Morgan fingerprint density at radius 3 is 2.96 bits per heavy atom. The van der Waals surface area contributed by atoms with E-state index in [0.29, 0.717) is 11.5 Å². The predicted octanol–water partition coefficient (Wildman–Crippen LogP) is 2.32. The molecule has 0 aliphatic carbocycles. The molecule has 0 N–H and O–H groups in total. The molecule has 0 aromatic carbocycles. The Labute approximate surface area is 146 Å². The molecule has 130 valence electrons. The zero-order valence-corrected chi connectivity index (χ0v) is 14.4. The van der Waals surface area contributed by atoms with Gasteiger partial charge in [0.1, 0.15) is 5.69 Å². The van der Waals surface area contributed by atoms with Gasteiger partial charge in [-0.2, -0.15) is 5.10 Å². The monoisotopic (exact) mass is 338 g/mol. The highest BCUT2D eigenvalue weighted by Crippen LogP contribution is 2.24. The highest BCUT2D eigenvalue weighted by molar-refractivity contribution is 5.94. The maximum Gasteiger partial charge on any atom is 0.273 e. The van der Waals surface area contributed by atoms with Crippen molar-refractivity contribution in [2.24, 2.45) is 0 Å². The van der Waals surface area contributed by atoms with Gasteiger partial charge in [0.15, 0.2) is 0 Å². The van der Waals surface area contributed by atoms with Crippen LogP contribution in [-0.2, 0) is 6.54 Å². The first-order chi connectivity index (χ1) is 12.2. The van der Waals surface area contributed by atoms with Gasteiger partial charge in [0.2, 0.25) is 5.78 Å². The number of carbonyl (C=O) groups is 1. The summed E-state index contributed by atoms with van der Waals surface area (Å²) in [4.78, 5) is 24.0. The van der Waals surface area contributed by atoms with E-state index in [2.05, 4.69) is 15.1 Å². The number of aromatic nitrogens is 5. The molecule has 0 saturated carbocycles. The summed E-state index contributed by atoms with van der Waals surface area (Å²) in [6.45, 7) is 3.51. The van der Waals surface area contributed by atoms with E-state index in [1.54, 1.807) is 16.8 Å².